The molecule has 7 nitrogen and oxygen atoms in total. The third-order valence-electron chi connectivity index (χ3n) is 4.56. The van der Waals surface area contributed by atoms with Crippen molar-refractivity contribution in [3.05, 3.63) is 40.3 Å². The summed E-state index contributed by atoms with van der Waals surface area (Å²) in [5, 5.41) is 5.57. The van der Waals surface area contributed by atoms with Crippen LogP contribution in [0.5, 0.6) is 0 Å². The fraction of sp³-hybridized carbons (Fsp3) is 0.444. The van der Waals surface area contributed by atoms with E-state index in [1.807, 2.05) is 12.3 Å². The molecule has 1 fully saturated rings. The minimum atomic E-state index is -3.50. The molecule has 146 valence electrons. The topological polar surface area (TPSA) is 82.6 Å². The van der Waals surface area contributed by atoms with Gasteiger partial charge < -0.3 is 10.2 Å². The van der Waals surface area contributed by atoms with Crippen LogP contribution in [0, 0.1) is 6.92 Å². The molecule has 0 spiro atoms. The smallest absolute Gasteiger partial charge is 0.243 e. The second-order valence-corrected chi connectivity index (χ2v) is 9.45. The first-order valence-corrected chi connectivity index (χ1v) is 11.2. The number of carbonyl (C=O) groups is 1. The molecule has 1 aromatic carbocycles. The average Bonchev–Trinajstić information content (AvgIpc) is 3.06. The van der Waals surface area contributed by atoms with Gasteiger partial charge in [-0.2, -0.15) is 4.31 Å². The van der Waals surface area contributed by atoms with E-state index in [1.54, 1.807) is 24.3 Å². The Labute approximate surface area is 164 Å². The van der Waals surface area contributed by atoms with Gasteiger partial charge in [0.25, 0.3) is 0 Å². The maximum absolute atomic E-state index is 12.8. The first kappa shape index (κ1) is 19.9. The highest BCUT2D eigenvalue weighted by Crippen LogP contribution is 2.20. The molecule has 0 bridgehead atoms. The Morgan fingerprint density at radius 3 is 2.41 bits per heavy atom. The number of aryl methyl sites for hydroxylation is 1. The lowest BCUT2D eigenvalue weighted by Gasteiger charge is -2.33. The number of piperazine rings is 1. The van der Waals surface area contributed by atoms with Crippen LogP contribution >= 0.6 is 11.3 Å². The fourth-order valence-corrected chi connectivity index (χ4v) is 5.04. The highest BCUT2D eigenvalue weighted by molar-refractivity contribution is 7.89. The molecule has 0 atom stereocenters. The predicted molar refractivity (Wildman–Crippen MR) is 106 cm³/mol. The van der Waals surface area contributed by atoms with Crippen molar-refractivity contribution in [1.29, 1.82) is 0 Å². The van der Waals surface area contributed by atoms with Gasteiger partial charge in [0.2, 0.25) is 15.9 Å². The number of carbonyl (C=O) groups excluding carboxylic acids is 1. The molecule has 1 aromatic heterocycles. The lowest BCUT2D eigenvalue weighted by molar-refractivity contribution is -0.115. The number of likely N-dealkylation sites (N-methyl/N-ethyl adjacent to an activating group) is 1. The van der Waals surface area contributed by atoms with Crippen molar-refractivity contribution < 1.29 is 13.2 Å². The van der Waals surface area contributed by atoms with Gasteiger partial charge in [-0.25, -0.2) is 13.4 Å². The van der Waals surface area contributed by atoms with Crippen LogP contribution in [0.2, 0.25) is 0 Å². The maximum Gasteiger partial charge on any atom is 0.243 e. The number of anilines is 1. The molecule has 1 N–H and O–H groups in total. The Bertz CT molecular complexity index is 886. The van der Waals surface area contributed by atoms with Gasteiger partial charge in [0, 0.05) is 37.2 Å². The standard InChI is InChI=1S/C18H24N4O3S2/c1-3-21-8-10-22(11-9-21)27(24,25)17-6-4-15(5-7-17)20-18(23)12-16-13-26-14(2)19-16/h4-7,13H,3,8-12H2,1-2H3,(H,20,23). The Balaban J connectivity index is 1.61. The molecule has 0 radical (unpaired) electrons. The molecule has 1 aliphatic heterocycles. The molecule has 9 heteroatoms. The Morgan fingerprint density at radius 1 is 1.19 bits per heavy atom. The number of nitrogens with one attached hydrogen (secondary N) is 1. The van der Waals surface area contributed by atoms with Gasteiger partial charge in [0.05, 0.1) is 22.0 Å². The van der Waals surface area contributed by atoms with Crippen molar-refractivity contribution in [3.63, 3.8) is 0 Å². The summed E-state index contributed by atoms with van der Waals surface area (Å²) < 4.78 is 27.1. The zero-order chi connectivity index (χ0) is 19.4. The van der Waals surface area contributed by atoms with Crippen LogP contribution in [0.15, 0.2) is 34.5 Å². The van der Waals surface area contributed by atoms with Gasteiger partial charge in [0.15, 0.2) is 0 Å². The average molecular weight is 409 g/mol. The number of benzene rings is 1. The third-order valence-corrected chi connectivity index (χ3v) is 7.30. The summed E-state index contributed by atoms with van der Waals surface area (Å²) in [6, 6.07) is 6.34. The van der Waals surface area contributed by atoms with Crippen LogP contribution in [-0.4, -0.2) is 61.2 Å². The molecular weight excluding hydrogens is 384 g/mol. The zero-order valence-electron chi connectivity index (χ0n) is 15.5. The summed E-state index contributed by atoms with van der Waals surface area (Å²) in [5.74, 6) is -0.174. The van der Waals surface area contributed by atoms with Crippen LogP contribution < -0.4 is 5.32 Å². The van der Waals surface area contributed by atoms with E-state index < -0.39 is 10.0 Å². The predicted octanol–water partition coefficient (Wildman–Crippen LogP) is 1.96. The van der Waals surface area contributed by atoms with Crippen molar-refractivity contribution in [2.75, 3.05) is 38.0 Å². The number of amides is 1. The van der Waals surface area contributed by atoms with Crippen molar-refractivity contribution in [2.45, 2.75) is 25.2 Å². The number of hydrogen-bond donors (Lipinski definition) is 1. The molecule has 0 aliphatic carbocycles. The van der Waals surface area contributed by atoms with Crippen molar-refractivity contribution in [3.8, 4) is 0 Å². The normalized spacial score (nSPS) is 16.4. The first-order valence-electron chi connectivity index (χ1n) is 8.92. The molecule has 0 unspecified atom stereocenters. The summed E-state index contributed by atoms with van der Waals surface area (Å²) in [4.78, 5) is 18.9. The lowest BCUT2D eigenvalue weighted by atomic mass is 10.3. The molecule has 3 rings (SSSR count). The van der Waals surface area contributed by atoms with Crippen molar-refractivity contribution >= 4 is 33.0 Å². The molecule has 2 aromatic rings. The number of nitrogens with zero attached hydrogens (tertiary/aromatic N) is 3. The molecule has 1 amide bonds. The molecule has 27 heavy (non-hydrogen) atoms. The van der Waals surface area contributed by atoms with Gasteiger partial charge in [-0.3, -0.25) is 4.79 Å². The second-order valence-electron chi connectivity index (χ2n) is 6.45. The van der Waals surface area contributed by atoms with Gasteiger partial charge in [-0.15, -0.1) is 11.3 Å². The number of aromatic nitrogens is 1. The van der Waals surface area contributed by atoms with Gasteiger partial charge >= 0.3 is 0 Å². The molecule has 2 heterocycles. The Hall–Kier alpha value is -1.81. The van der Waals surface area contributed by atoms with Crippen LogP contribution in [0.1, 0.15) is 17.6 Å². The number of rotatable bonds is 6. The number of sulfonamides is 1. The SMILES string of the molecule is CCN1CCN(S(=O)(=O)c2ccc(NC(=O)Cc3csc(C)n3)cc2)CC1. The van der Waals surface area contributed by atoms with Gasteiger partial charge in [0.1, 0.15) is 0 Å². The summed E-state index contributed by atoms with van der Waals surface area (Å²) >= 11 is 1.51. The maximum atomic E-state index is 12.8. The summed E-state index contributed by atoms with van der Waals surface area (Å²) in [6.45, 7) is 7.41. The van der Waals surface area contributed by atoms with E-state index in [1.165, 1.54) is 15.6 Å². The van der Waals surface area contributed by atoms with Crippen molar-refractivity contribution in [2.24, 2.45) is 0 Å². The van der Waals surface area contributed by atoms with E-state index >= 15 is 0 Å². The van der Waals surface area contributed by atoms with E-state index in [2.05, 4.69) is 22.1 Å². The van der Waals surface area contributed by atoms with Crippen LogP contribution in [0.3, 0.4) is 0 Å². The largest absolute Gasteiger partial charge is 0.326 e. The Morgan fingerprint density at radius 2 is 1.85 bits per heavy atom. The van der Waals surface area contributed by atoms with E-state index in [0.29, 0.717) is 18.8 Å². The van der Waals surface area contributed by atoms with Gasteiger partial charge in [-0.05, 0) is 37.7 Å². The Kier molecular flexibility index (Phi) is 6.25. The highest BCUT2D eigenvalue weighted by atomic mass is 32.2. The zero-order valence-corrected chi connectivity index (χ0v) is 17.1. The number of thiazole rings is 1. The number of hydrogen-bond acceptors (Lipinski definition) is 6. The quantitative estimate of drug-likeness (QED) is 0.790. The summed E-state index contributed by atoms with van der Waals surface area (Å²) in [5.41, 5.74) is 1.31. The van der Waals surface area contributed by atoms with E-state index in [-0.39, 0.29) is 17.2 Å². The van der Waals surface area contributed by atoms with E-state index in [9.17, 15) is 13.2 Å². The van der Waals surface area contributed by atoms with E-state index in [4.69, 9.17) is 0 Å². The summed E-state index contributed by atoms with van der Waals surface area (Å²) in [6.07, 6.45) is 0.200. The van der Waals surface area contributed by atoms with Crippen LogP contribution in [0.25, 0.3) is 0 Å². The van der Waals surface area contributed by atoms with E-state index in [0.717, 1.165) is 30.3 Å². The highest BCUT2D eigenvalue weighted by Gasteiger charge is 2.27. The van der Waals surface area contributed by atoms with Gasteiger partial charge in [-0.1, -0.05) is 6.92 Å². The fourth-order valence-electron chi connectivity index (χ4n) is 3.00. The van der Waals surface area contributed by atoms with Crippen LogP contribution in [0.4, 0.5) is 5.69 Å². The first-order chi connectivity index (χ1) is 12.9. The lowest BCUT2D eigenvalue weighted by Crippen LogP contribution is -2.48. The third kappa shape index (κ3) is 4.92. The molecule has 1 saturated heterocycles. The van der Waals surface area contributed by atoms with Crippen LogP contribution in [-0.2, 0) is 21.2 Å². The monoisotopic (exact) mass is 408 g/mol. The molecule has 1 aliphatic rings. The summed E-state index contributed by atoms with van der Waals surface area (Å²) in [7, 11) is -3.50. The molecule has 0 saturated carbocycles. The molecular formula is C18H24N4O3S2. The minimum absolute atomic E-state index is 0.174. The van der Waals surface area contributed by atoms with Crippen molar-refractivity contribution in [1.82, 2.24) is 14.2 Å². The minimum Gasteiger partial charge on any atom is -0.326 e. The second kappa shape index (κ2) is 8.47.